The van der Waals surface area contributed by atoms with E-state index >= 15 is 0 Å². The van der Waals surface area contributed by atoms with Gasteiger partial charge < -0.3 is 15.5 Å². The lowest BCUT2D eigenvalue weighted by Crippen LogP contribution is -2.53. The highest BCUT2D eigenvalue weighted by atomic mass is 15.2. The largest absolute Gasteiger partial charge is 0.315 e. The summed E-state index contributed by atoms with van der Waals surface area (Å²) >= 11 is 0. The molecule has 2 rings (SSSR count). The first-order chi connectivity index (χ1) is 8.68. The van der Waals surface area contributed by atoms with Crippen molar-refractivity contribution in [3.05, 3.63) is 0 Å². The molecule has 2 atom stereocenters. The van der Waals surface area contributed by atoms with E-state index in [1.807, 2.05) is 0 Å². The van der Waals surface area contributed by atoms with Gasteiger partial charge in [0.1, 0.15) is 0 Å². The predicted octanol–water partition coefficient (Wildman–Crippen LogP) is 0.356. The molecule has 2 aliphatic heterocycles. The van der Waals surface area contributed by atoms with Crippen molar-refractivity contribution in [3.8, 4) is 0 Å². The molecule has 2 heterocycles. The van der Waals surface area contributed by atoms with Crippen LogP contribution in [0.1, 0.15) is 26.7 Å². The highest BCUT2D eigenvalue weighted by Crippen LogP contribution is 2.18. The maximum Gasteiger partial charge on any atom is 0.0166 e. The summed E-state index contributed by atoms with van der Waals surface area (Å²) in [5.74, 6) is 0. The molecule has 0 aromatic carbocycles. The summed E-state index contributed by atoms with van der Waals surface area (Å²) in [6.45, 7) is 15.4. The Kier molecular flexibility index (Phi) is 5.42. The lowest BCUT2D eigenvalue weighted by atomic mass is 9.97. The highest BCUT2D eigenvalue weighted by Gasteiger charge is 2.27. The quantitative estimate of drug-likeness (QED) is 0.653. The molecule has 2 fully saturated rings. The van der Waals surface area contributed by atoms with E-state index in [0.717, 1.165) is 26.2 Å². The second kappa shape index (κ2) is 6.85. The number of fused-ring (bicyclic) bond motifs is 3. The Hall–Kier alpha value is -0.160. The number of rotatable bonds is 0. The third-order valence-electron chi connectivity index (χ3n) is 4.45. The minimum atomic E-state index is 0.316. The molecule has 0 saturated carbocycles. The van der Waals surface area contributed by atoms with Crippen LogP contribution in [0.4, 0.5) is 0 Å². The third-order valence-corrected chi connectivity index (χ3v) is 4.45. The molecule has 4 nitrogen and oxygen atoms in total. The minimum absolute atomic E-state index is 0.316. The first-order valence-electron chi connectivity index (χ1n) is 7.57. The van der Waals surface area contributed by atoms with E-state index in [-0.39, 0.29) is 0 Å². The summed E-state index contributed by atoms with van der Waals surface area (Å²) in [7, 11) is 0. The highest BCUT2D eigenvalue weighted by molar-refractivity contribution is 4.85. The average molecular weight is 254 g/mol. The maximum absolute atomic E-state index is 3.60. The van der Waals surface area contributed by atoms with Crippen LogP contribution in [0.2, 0.25) is 0 Å². The molecule has 2 bridgehead atoms. The van der Waals surface area contributed by atoms with Crippen molar-refractivity contribution < 1.29 is 0 Å². The molecule has 0 spiro atoms. The molecular weight excluding hydrogens is 224 g/mol. The van der Waals surface area contributed by atoms with Crippen molar-refractivity contribution in [2.75, 3.05) is 58.9 Å². The summed E-state index contributed by atoms with van der Waals surface area (Å²) in [5.41, 5.74) is 0.316. The summed E-state index contributed by atoms with van der Waals surface area (Å²) < 4.78 is 0. The molecule has 0 radical (unpaired) electrons. The molecule has 106 valence electrons. The number of hydrogen-bond donors (Lipinski definition) is 2. The minimum Gasteiger partial charge on any atom is -0.315 e. The van der Waals surface area contributed by atoms with Gasteiger partial charge in [-0.25, -0.2) is 0 Å². The lowest BCUT2D eigenvalue weighted by Gasteiger charge is -2.41. The molecule has 0 aromatic heterocycles. The van der Waals surface area contributed by atoms with Gasteiger partial charge in [-0.3, -0.25) is 4.90 Å². The summed E-state index contributed by atoms with van der Waals surface area (Å²) in [6.07, 6.45) is 2.52. The van der Waals surface area contributed by atoms with Crippen LogP contribution in [-0.4, -0.2) is 74.2 Å². The fourth-order valence-corrected chi connectivity index (χ4v) is 3.00. The normalized spacial score (nSPS) is 35.0. The van der Waals surface area contributed by atoms with E-state index < -0.39 is 0 Å². The van der Waals surface area contributed by atoms with Crippen LogP contribution < -0.4 is 10.6 Å². The van der Waals surface area contributed by atoms with Crippen LogP contribution in [-0.2, 0) is 0 Å². The zero-order valence-electron chi connectivity index (χ0n) is 12.2. The molecule has 2 saturated heterocycles. The van der Waals surface area contributed by atoms with Crippen molar-refractivity contribution in [2.45, 2.75) is 32.2 Å². The van der Waals surface area contributed by atoms with Gasteiger partial charge in [-0.05, 0) is 46.3 Å². The molecule has 4 heteroatoms. The molecule has 2 unspecified atom stereocenters. The fraction of sp³-hybridized carbons (Fsp3) is 1.00. The van der Waals surface area contributed by atoms with Gasteiger partial charge in [0.05, 0.1) is 0 Å². The van der Waals surface area contributed by atoms with Crippen LogP contribution in [0.15, 0.2) is 0 Å². The SMILES string of the molecule is CC1(C)CCNCCN2CCCNCCN1CC2. The predicted molar refractivity (Wildman–Crippen MR) is 77.1 cm³/mol. The Morgan fingerprint density at radius 3 is 2.44 bits per heavy atom. The van der Waals surface area contributed by atoms with Crippen molar-refractivity contribution in [3.63, 3.8) is 0 Å². The Bertz CT molecular complexity index is 240. The third kappa shape index (κ3) is 4.19. The zero-order chi connectivity index (χ0) is 12.8. The van der Waals surface area contributed by atoms with Crippen LogP contribution in [0, 0.1) is 0 Å². The zero-order valence-corrected chi connectivity index (χ0v) is 12.2. The van der Waals surface area contributed by atoms with Crippen LogP contribution >= 0.6 is 0 Å². The van der Waals surface area contributed by atoms with E-state index in [1.165, 1.54) is 45.6 Å². The Morgan fingerprint density at radius 2 is 1.56 bits per heavy atom. The van der Waals surface area contributed by atoms with Gasteiger partial charge >= 0.3 is 0 Å². The Balaban J connectivity index is 2.03. The fourth-order valence-electron chi connectivity index (χ4n) is 3.00. The summed E-state index contributed by atoms with van der Waals surface area (Å²) in [5, 5.41) is 7.17. The maximum atomic E-state index is 3.60. The second-order valence-corrected chi connectivity index (χ2v) is 6.24. The first kappa shape index (κ1) is 14.3. The Labute approximate surface area is 112 Å². The molecule has 2 aliphatic rings. The lowest BCUT2D eigenvalue weighted by molar-refractivity contribution is 0.0850. The van der Waals surface area contributed by atoms with Gasteiger partial charge in [-0.15, -0.1) is 0 Å². The number of nitrogens with zero attached hydrogens (tertiary/aromatic N) is 2. The standard InChI is InChI=1S/C14H30N4/c1-14(2)4-6-16-7-10-17-9-3-5-15-8-11-18(14)13-12-17/h15-16H,3-13H2,1-2H3. The van der Waals surface area contributed by atoms with Crippen molar-refractivity contribution >= 4 is 0 Å². The monoisotopic (exact) mass is 254 g/mol. The summed E-state index contributed by atoms with van der Waals surface area (Å²) in [6, 6.07) is 0. The van der Waals surface area contributed by atoms with E-state index in [4.69, 9.17) is 0 Å². The van der Waals surface area contributed by atoms with Gasteiger partial charge in [0.2, 0.25) is 0 Å². The van der Waals surface area contributed by atoms with Gasteiger partial charge in [-0.1, -0.05) is 0 Å². The second-order valence-electron chi connectivity index (χ2n) is 6.24. The smallest absolute Gasteiger partial charge is 0.0166 e. The van der Waals surface area contributed by atoms with E-state index in [2.05, 4.69) is 34.3 Å². The van der Waals surface area contributed by atoms with E-state index in [9.17, 15) is 0 Å². The average Bonchev–Trinajstić information content (AvgIpc) is 2.35. The molecule has 18 heavy (non-hydrogen) atoms. The van der Waals surface area contributed by atoms with Crippen molar-refractivity contribution in [1.29, 1.82) is 0 Å². The molecular formula is C14H30N4. The van der Waals surface area contributed by atoms with Gasteiger partial charge in [0.15, 0.2) is 0 Å². The van der Waals surface area contributed by atoms with E-state index in [1.54, 1.807) is 0 Å². The van der Waals surface area contributed by atoms with Gasteiger partial charge in [-0.2, -0.15) is 0 Å². The van der Waals surface area contributed by atoms with Crippen LogP contribution in [0.3, 0.4) is 0 Å². The van der Waals surface area contributed by atoms with Crippen molar-refractivity contribution in [1.82, 2.24) is 20.4 Å². The van der Waals surface area contributed by atoms with E-state index in [0.29, 0.717) is 5.54 Å². The summed E-state index contributed by atoms with van der Waals surface area (Å²) in [4.78, 5) is 5.29. The first-order valence-corrected chi connectivity index (χ1v) is 7.57. The number of hydrogen-bond acceptors (Lipinski definition) is 4. The molecule has 2 N–H and O–H groups in total. The topological polar surface area (TPSA) is 30.5 Å². The molecule has 0 aromatic rings. The van der Waals surface area contributed by atoms with Gasteiger partial charge in [0, 0.05) is 44.8 Å². The van der Waals surface area contributed by atoms with Crippen LogP contribution in [0.5, 0.6) is 0 Å². The van der Waals surface area contributed by atoms with Crippen molar-refractivity contribution in [2.24, 2.45) is 0 Å². The van der Waals surface area contributed by atoms with Crippen LogP contribution in [0.25, 0.3) is 0 Å². The molecule has 0 aliphatic carbocycles. The number of nitrogens with one attached hydrogen (secondary N) is 2. The Morgan fingerprint density at radius 1 is 0.778 bits per heavy atom. The molecule has 0 amide bonds. The van der Waals surface area contributed by atoms with Gasteiger partial charge in [0.25, 0.3) is 0 Å².